The highest BCUT2D eigenvalue weighted by molar-refractivity contribution is 6.02. The number of aryl methyl sites for hydroxylation is 1. The summed E-state index contributed by atoms with van der Waals surface area (Å²) in [7, 11) is 1.59. The Morgan fingerprint density at radius 3 is 2.90 bits per heavy atom. The fourth-order valence-electron chi connectivity index (χ4n) is 3.15. The number of furan rings is 1. The predicted octanol–water partition coefficient (Wildman–Crippen LogP) is 3.59. The minimum Gasteiger partial charge on any atom is -0.495 e. The minimum atomic E-state index is -0.334. The van der Waals surface area contributed by atoms with Gasteiger partial charge in [-0.2, -0.15) is 14.6 Å². The largest absolute Gasteiger partial charge is 0.495 e. The topological polar surface area (TPSA) is 107 Å². The van der Waals surface area contributed by atoms with Crippen LogP contribution in [0.4, 0.5) is 17.2 Å². The van der Waals surface area contributed by atoms with Crippen LogP contribution >= 0.6 is 0 Å². The molecule has 29 heavy (non-hydrogen) atoms. The van der Waals surface area contributed by atoms with Gasteiger partial charge in [-0.1, -0.05) is 6.92 Å². The van der Waals surface area contributed by atoms with E-state index in [2.05, 4.69) is 32.6 Å². The van der Waals surface area contributed by atoms with E-state index < -0.39 is 0 Å². The maximum absolute atomic E-state index is 12.3. The van der Waals surface area contributed by atoms with Gasteiger partial charge in [-0.15, -0.1) is 0 Å². The maximum atomic E-state index is 12.3. The number of amides is 1. The average molecular weight is 392 g/mol. The summed E-state index contributed by atoms with van der Waals surface area (Å²) in [6.07, 6.45) is 3.68. The molecule has 3 aromatic heterocycles. The lowest BCUT2D eigenvalue weighted by Crippen LogP contribution is -2.12. The molecule has 9 heteroatoms. The van der Waals surface area contributed by atoms with Gasteiger partial charge >= 0.3 is 0 Å². The predicted molar refractivity (Wildman–Crippen MR) is 108 cm³/mol. The summed E-state index contributed by atoms with van der Waals surface area (Å²) in [4.78, 5) is 21.0. The van der Waals surface area contributed by atoms with E-state index in [-0.39, 0.29) is 11.7 Å². The Balaban J connectivity index is 1.72. The van der Waals surface area contributed by atoms with Gasteiger partial charge in [0.1, 0.15) is 17.9 Å². The van der Waals surface area contributed by atoms with Crippen LogP contribution in [0.15, 0.2) is 47.3 Å². The molecule has 0 aliphatic rings. The first kappa shape index (κ1) is 18.5. The van der Waals surface area contributed by atoms with Crippen molar-refractivity contribution in [3.05, 3.63) is 59.9 Å². The Morgan fingerprint density at radius 2 is 2.17 bits per heavy atom. The van der Waals surface area contributed by atoms with Crippen molar-refractivity contribution in [1.82, 2.24) is 19.6 Å². The first-order valence-electron chi connectivity index (χ1n) is 9.09. The highest BCUT2D eigenvalue weighted by Gasteiger charge is 2.16. The van der Waals surface area contributed by atoms with E-state index >= 15 is 0 Å². The zero-order valence-electron chi connectivity index (χ0n) is 16.3. The van der Waals surface area contributed by atoms with E-state index in [1.807, 2.05) is 6.92 Å². The molecule has 0 fully saturated rings. The summed E-state index contributed by atoms with van der Waals surface area (Å²) >= 11 is 0. The molecule has 0 radical (unpaired) electrons. The SMILES string of the molecule is CCc1c(C)nc2ncnn2c1Nc1cc(NC(=O)c2ccco2)ccc1OC. The molecular weight excluding hydrogens is 372 g/mol. The number of methoxy groups -OCH3 is 1. The minimum absolute atomic E-state index is 0.234. The molecule has 2 N–H and O–H groups in total. The van der Waals surface area contributed by atoms with Crippen LogP contribution in [-0.4, -0.2) is 32.6 Å². The number of carbonyl (C=O) groups excluding carboxylic acids is 1. The van der Waals surface area contributed by atoms with Gasteiger partial charge in [-0.3, -0.25) is 4.79 Å². The first-order valence-corrected chi connectivity index (χ1v) is 9.09. The van der Waals surface area contributed by atoms with Gasteiger partial charge in [-0.25, -0.2) is 4.98 Å². The van der Waals surface area contributed by atoms with E-state index in [0.717, 1.165) is 23.5 Å². The van der Waals surface area contributed by atoms with Crippen molar-refractivity contribution >= 4 is 28.9 Å². The molecule has 148 valence electrons. The summed E-state index contributed by atoms with van der Waals surface area (Å²) in [5, 5.41) is 10.5. The van der Waals surface area contributed by atoms with Gasteiger partial charge in [0.2, 0.25) is 0 Å². The Kier molecular flexibility index (Phi) is 4.86. The van der Waals surface area contributed by atoms with E-state index in [1.165, 1.54) is 12.6 Å². The number of carbonyl (C=O) groups is 1. The number of ether oxygens (including phenoxy) is 1. The summed E-state index contributed by atoms with van der Waals surface area (Å²) in [6, 6.07) is 8.59. The summed E-state index contributed by atoms with van der Waals surface area (Å²) in [5.41, 5.74) is 3.14. The molecule has 4 aromatic rings. The Morgan fingerprint density at radius 1 is 1.31 bits per heavy atom. The lowest BCUT2D eigenvalue weighted by molar-refractivity contribution is 0.0996. The van der Waals surface area contributed by atoms with Crippen molar-refractivity contribution in [2.45, 2.75) is 20.3 Å². The van der Waals surface area contributed by atoms with Gasteiger partial charge in [0.25, 0.3) is 11.7 Å². The molecule has 0 saturated carbocycles. The normalized spacial score (nSPS) is 10.9. The molecule has 4 rings (SSSR count). The molecule has 0 unspecified atom stereocenters. The Bertz CT molecular complexity index is 1170. The van der Waals surface area contributed by atoms with E-state index in [1.54, 1.807) is 42.0 Å². The lowest BCUT2D eigenvalue weighted by Gasteiger charge is -2.17. The van der Waals surface area contributed by atoms with Gasteiger partial charge in [-0.05, 0) is 43.7 Å². The average Bonchev–Trinajstić information content (AvgIpc) is 3.40. The Hall–Kier alpha value is -3.88. The molecule has 0 saturated heterocycles. The quantitative estimate of drug-likeness (QED) is 0.516. The second-order valence-electron chi connectivity index (χ2n) is 6.32. The highest BCUT2D eigenvalue weighted by Crippen LogP contribution is 2.32. The molecular formula is C20H20N6O3. The van der Waals surface area contributed by atoms with E-state index in [0.29, 0.717) is 22.9 Å². The van der Waals surface area contributed by atoms with Crippen molar-refractivity contribution in [2.24, 2.45) is 0 Å². The number of benzene rings is 1. The van der Waals surface area contributed by atoms with Crippen LogP contribution in [0.25, 0.3) is 5.78 Å². The van der Waals surface area contributed by atoms with E-state index in [9.17, 15) is 4.79 Å². The Labute approximate surface area is 166 Å². The summed E-state index contributed by atoms with van der Waals surface area (Å²) in [6.45, 7) is 3.99. The molecule has 0 aliphatic carbocycles. The molecule has 9 nitrogen and oxygen atoms in total. The van der Waals surface area contributed by atoms with Crippen LogP contribution in [0.5, 0.6) is 5.75 Å². The number of rotatable bonds is 6. The van der Waals surface area contributed by atoms with Crippen LogP contribution in [0, 0.1) is 6.92 Å². The molecule has 1 amide bonds. The van der Waals surface area contributed by atoms with Crippen LogP contribution in [0.1, 0.15) is 28.7 Å². The number of hydrogen-bond acceptors (Lipinski definition) is 7. The van der Waals surface area contributed by atoms with Crippen molar-refractivity contribution in [2.75, 3.05) is 17.7 Å². The second-order valence-corrected chi connectivity index (χ2v) is 6.32. The first-order chi connectivity index (χ1) is 14.1. The van der Waals surface area contributed by atoms with Gasteiger partial charge < -0.3 is 19.8 Å². The zero-order valence-corrected chi connectivity index (χ0v) is 16.3. The third kappa shape index (κ3) is 3.49. The van der Waals surface area contributed by atoms with Crippen LogP contribution in [0.3, 0.4) is 0 Å². The molecule has 0 aliphatic heterocycles. The van der Waals surface area contributed by atoms with Gasteiger partial charge in [0, 0.05) is 16.9 Å². The second kappa shape index (κ2) is 7.63. The number of anilines is 3. The number of fused-ring (bicyclic) bond motifs is 1. The molecule has 1 aromatic carbocycles. The molecule has 0 bridgehead atoms. The van der Waals surface area contributed by atoms with Crippen LogP contribution in [0.2, 0.25) is 0 Å². The summed E-state index contributed by atoms with van der Waals surface area (Å²) < 4.78 is 12.3. The van der Waals surface area contributed by atoms with Crippen molar-refractivity contribution in [3.8, 4) is 5.75 Å². The number of hydrogen-bond donors (Lipinski definition) is 2. The number of aromatic nitrogens is 4. The smallest absolute Gasteiger partial charge is 0.291 e. The fraction of sp³-hybridized carbons (Fsp3) is 0.200. The van der Waals surface area contributed by atoms with Crippen molar-refractivity contribution in [1.29, 1.82) is 0 Å². The molecule has 0 atom stereocenters. The van der Waals surface area contributed by atoms with E-state index in [4.69, 9.17) is 9.15 Å². The monoisotopic (exact) mass is 392 g/mol. The fourth-order valence-corrected chi connectivity index (χ4v) is 3.15. The van der Waals surface area contributed by atoms with Crippen molar-refractivity contribution < 1.29 is 13.9 Å². The standard InChI is InChI=1S/C20H20N6O3/c1-4-14-12(2)23-20-21-11-22-26(20)18(14)25-15-10-13(7-8-16(15)28-3)24-19(27)17-6-5-9-29-17/h5-11,25H,4H2,1-3H3,(H,24,27). The third-order valence-electron chi connectivity index (χ3n) is 4.54. The number of nitrogens with zero attached hydrogens (tertiary/aromatic N) is 4. The van der Waals surface area contributed by atoms with Crippen LogP contribution in [-0.2, 0) is 6.42 Å². The van der Waals surface area contributed by atoms with Gasteiger partial charge in [0.05, 0.1) is 19.1 Å². The maximum Gasteiger partial charge on any atom is 0.291 e. The molecule has 0 spiro atoms. The summed E-state index contributed by atoms with van der Waals surface area (Å²) in [5.74, 6) is 1.77. The van der Waals surface area contributed by atoms with Crippen LogP contribution < -0.4 is 15.4 Å². The highest BCUT2D eigenvalue weighted by atomic mass is 16.5. The van der Waals surface area contributed by atoms with Gasteiger partial charge in [0.15, 0.2) is 5.76 Å². The van der Waals surface area contributed by atoms with Crippen molar-refractivity contribution in [3.63, 3.8) is 0 Å². The lowest BCUT2D eigenvalue weighted by atomic mass is 10.1. The number of nitrogens with one attached hydrogen (secondary N) is 2. The third-order valence-corrected chi connectivity index (χ3v) is 4.54. The molecule has 3 heterocycles. The zero-order chi connectivity index (χ0) is 20.4.